The van der Waals surface area contributed by atoms with Crippen molar-refractivity contribution < 1.29 is 9.53 Å². The van der Waals surface area contributed by atoms with E-state index in [1.807, 2.05) is 13.8 Å². The number of ether oxygens (including phenoxy) is 1. The van der Waals surface area contributed by atoms with Crippen molar-refractivity contribution in [3.63, 3.8) is 0 Å². The Morgan fingerprint density at radius 1 is 1.10 bits per heavy atom. The van der Waals surface area contributed by atoms with Gasteiger partial charge in [-0.25, -0.2) is 0 Å². The van der Waals surface area contributed by atoms with Crippen molar-refractivity contribution in [2.75, 3.05) is 12.8 Å². The maximum absolute atomic E-state index is 12.6. The van der Waals surface area contributed by atoms with Crippen LogP contribution in [0.5, 0.6) is 5.75 Å². The van der Waals surface area contributed by atoms with Crippen LogP contribution < -0.4 is 10.5 Å². The van der Waals surface area contributed by atoms with Gasteiger partial charge >= 0.3 is 0 Å². The van der Waals surface area contributed by atoms with Crippen molar-refractivity contribution in [1.82, 2.24) is 0 Å². The number of carbonyl (C=O) groups is 1. The molecule has 2 rings (SSSR count). The molecule has 2 aromatic carbocycles. The van der Waals surface area contributed by atoms with E-state index in [1.165, 1.54) is 0 Å². The molecule has 0 radical (unpaired) electrons. The first-order valence-electron chi connectivity index (χ1n) is 6.19. The molecule has 2 N–H and O–H groups in total. The average Bonchev–Trinajstić information content (AvgIpc) is 2.42. The van der Waals surface area contributed by atoms with Gasteiger partial charge in [-0.1, -0.05) is 11.6 Å². The second kappa shape index (κ2) is 5.55. The number of aryl methyl sites for hydroxylation is 2. The zero-order chi connectivity index (χ0) is 14.9. The summed E-state index contributed by atoms with van der Waals surface area (Å²) in [6, 6.07) is 8.58. The summed E-state index contributed by atoms with van der Waals surface area (Å²) in [6.45, 7) is 3.90. The number of anilines is 1. The fourth-order valence-corrected chi connectivity index (χ4v) is 2.26. The van der Waals surface area contributed by atoms with E-state index < -0.39 is 0 Å². The number of nitrogen functional groups attached to an aromatic ring is 1. The maximum Gasteiger partial charge on any atom is 0.196 e. The fraction of sp³-hybridized carbons (Fsp3) is 0.188. The Labute approximate surface area is 123 Å². The molecule has 4 heteroatoms. The molecular weight excluding hydrogens is 274 g/mol. The molecule has 0 aliphatic rings. The van der Waals surface area contributed by atoms with Crippen LogP contribution in [0, 0.1) is 13.8 Å². The SMILES string of the molecule is COc1ccc(N)c(C(=O)c2cc(C)c(C)cc2Cl)c1. The van der Waals surface area contributed by atoms with Crippen molar-refractivity contribution >= 4 is 23.1 Å². The monoisotopic (exact) mass is 289 g/mol. The quantitative estimate of drug-likeness (QED) is 0.691. The zero-order valence-electron chi connectivity index (χ0n) is 11.7. The summed E-state index contributed by atoms with van der Waals surface area (Å²) in [5, 5.41) is 0.431. The summed E-state index contributed by atoms with van der Waals surface area (Å²) in [6.07, 6.45) is 0. The van der Waals surface area contributed by atoms with Gasteiger partial charge in [-0.2, -0.15) is 0 Å². The van der Waals surface area contributed by atoms with Gasteiger partial charge in [-0.05, 0) is 55.3 Å². The van der Waals surface area contributed by atoms with E-state index in [9.17, 15) is 4.79 Å². The normalized spacial score (nSPS) is 10.4. The van der Waals surface area contributed by atoms with Crippen LogP contribution in [0.3, 0.4) is 0 Å². The lowest BCUT2D eigenvalue weighted by atomic mass is 9.98. The molecule has 0 saturated heterocycles. The van der Waals surface area contributed by atoms with E-state index >= 15 is 0 Å². The first kappa shape index (κ1) is 14.4. The largest absolute Gasteiger partial charge is 0.497 e. The minimum atomic E-state index is -0.200. The molecule has 0 aromatic heterocycles. The van der Waals surface area contributed by atoms with Crippen molar-refractivity contribution in [3.05, 3.63) is 57.6 Å². The van der Waals surface area contributed by atoms with Crippen molar-refractivity contribution in [2.24, 2.45) is 0 Å². The van der Waals surface area contributed by atoms with Crippen LogP contribution in [0.2, 0.25) is 5.02 Å². The number of hydrogen-bond acceptors (Lipinski definition) is 3. The number of nitrogens with two attached hydrogens (primary N) is 1. The van der Waals surface area contributed by atoms with E-state index in [2.05, 4.69) is 0 Å². The number of methoxy groups -OCH3 is 1. The molecule has 0 aliphatic carbocycles. The Balaban J connectivity index is 2.54. The lowest BCUT2D eigenvalue weighted by molar-refractivity contribution is 0.103. The Kier molecular flexibility index (Phi) is 4.00. The molecule has 20 heavy (non-hydrogen) atoms. The second-order valence-corrected chi connectivity index (χ2v) is 5.11. The summed E-state index contributed by atoms with van der Waals surface area (Å²) < 4.78 is 5.13. The summed E-state index contributed by atoms with van der Waals surface area (Å²) >= 11 is 6.18. The van der Waals surface area contributed by atoms with Gasteiger partial charge in [0.15, 0.2) is 5.78 Å². The van der Waals surface area contributed by atoms with E-state index in [1.54, 1.807) is 37.4 Å². The second-order valence-electron chi connectivity index (χ2n) is 4.70. The molecule has 0 heterocycles. The molecule has 2 aromatic rings. The van der Waals surface area contributed by atoms with Gasteiger partial charge in [0.05, 0.1) is 12.1 Å². The van der Waals surface area contributed by atoms with Gasteiger partial charge in [0.2, 0.25) is 0 Å². The molecule has 0 saturated carbocycles. The fourth-order valence-electron chi connectivity index (χ4n) is 1.96. The molecule has 0 atom stereocenters. The summed E-state index contributed by atoms with van der Waals surface area (Å²) in [4.78, 5) is 12.6. The third-order valence-corrected chi connectivity index (χ3v) is 3.65. The number of ketones is 1. The third kappa shape index (κ3) is 2.63. The van der Waals surface area contributed by atoms with E-state index in [0.717, 1.165) is 11.1 Å². The predicted octanol–water partition coefficient (Wildman–Crippen LogP) is 3.78. The van der Waals surface area contributed by atoms with E-state index in [4.69, 9.17) is 22.1 Å². The highest BCUT2D eigenvalue weighted by atomic mass is 35.5. The van der Waals surface area contributed by atoms with Crippen LogP contribution in [0.15, 0.2) is 30.3 Å². The van der Waals surface area contributed by atoms with Crippen LogP contribution in [0.4, 0.5) is 5.69 Å². The van der Waals surface area contributed by atoms with E-state index in [0.29, 0.717) is 27.6 Å². The summed E-state index contributed by atoms with van der Waals surface area (Å²) in [5.41, 5.74) is 9.20. The van der Waals surface area contributed by atoms with Crippen LogP contribution in [0.25, 0.3) is 0 Å². The highest BCUT2D eigenvalue weighted by molar-refractivity contribution is 6.35. The summed E-state index contributed by atoms with van der Waals surface area (Å²) in [7, 11) is 1.54. The average molecular weight is 290 g/mol. The molecule has 0 bridgehead atoms. The Morgan fingerprint density at radius 2 is 1.75 bits per heavy atom. The molecule has 0 fully saturated rings. The maximum atomic E-state index is 12.6. The van der Waals surface area contributed by atoms with Crippen LogP contribution in [0.1, 0.15) is 27.0 Å². The van der Waals surface area contributed by atoms with Crippen LogP contribution in [-0.2, 0) is 0 Å². The lowest BCUT2D eigenvalue weighted by Gasteiger charge is -2.10. The zero-order valence-corrected chi connectivity index (χ0v) is 12.4. The Bertz CT molecular complexity index is 680. The number of benzene rings is 2. The molecular formula is C16H16ClNO2. The predicted molar refractivity (Wildman–Crippen MR) is 81.8 cm³/mol. The standard InChI is InChI=1S/C16H16ClNO2/c1-9-6-12(14(17)7-10(9)2)16(19)13-8-11(20-3)4-5-15(13)18/h4-8H,18H2,1-3H3. The van der Waals surface area contributed by atoms with Gasteiger partial charge in [0.1, 0.15) is 5.75 Å². The summed E-state index contributed by atoms with van der Waals surface area (Å²) in [5.74, 6) is 0.386. The molecule has 0 unspecified atom stereocenters. The van der Waals surface area contributed by atoms with Gasteiger partial charge in [-0.15, -0.1) is 0 Å². The first-order chi connectivity index (χ1) is 9.43. The Hall–Kier alpha value is -2.00. The number of hydrogen-bond donors (Lipinski definition) is 1. The molecule has 0 aliphatic heterocycles. The molecule has 0 amide bonds. The van der Waals surface area contributed by atoms with Crippen LogP contribution >= 0.6 is 11.6 Å². The van der Waals surface area contributed by atoms with Crippen molar-refractivity contribution in [2.45, 2.75) is 13.8 Å². The number of rotatable bonds is 3. The van der Waals surface area contributed by atoms with Gasteiger partial charge < -0.3 is 10.5 Å². The molecule has 3 nitrogen and oxygen atoms in total. The first-order valence-corrected chi connectivity index (χ1v) is 6.56. The van der Waals surface area contributed by atoms with Crippen molar-refractivity contribution in [1.29, 1.82) is 0 Å². The lowest BCUT2D eigenvalue weighted by Crippen LogP contribution is -2.07. The smallest absolute Gasteiger partial charge is 0.196 e. The van der Waals surface area contributed by atoms with Gasteiger partial charge in [0.25, 0.3) is 0 Å². The Morgan fingerprint density at radius 3 is 2.40 bits per heavy atom. The highest BCUT2D eigenvalue weighted by Gasteiger charge is 2.17. The van der Waals surface area contributed by atoms with Gasteiger partial charge in [-0.3, -0.25) is 4.79 Å². The topological polar surface area (TPSA) is 52.3 Å². The minimum absolute atomic E-state index is 0.200. The third-order valence-electron chi connectivity index (χ3n) is 3.33. The molecule has 0 spiro atoms. The van der Waals surface area contributed by atoms with E-state index in [-0.39, 0.29) is 5.78 Å². The van der Waals surface area contributed by atoms with Crippen LogP contribution in [-0.4, -0.2) is 12.9 Å². The van der Waals surface area contributed by atoms with Crippen molar-refractivity contribution in [3.8, 4) is 5.75 Å². The number of carbonyl (C=O) groups excluding carboxylic acids is 1. The minimum Gasteiger partial charge on any atom is -0.497 e. The number of halogens is 1. The highest BCUT2D eigenvalue weighted by Crippen LogP contribution is 2.27. The molecule has 104 valence electrons. The van der Waals surface area contributed by atoms with Gasteiger partial charge in [0, 0.05) is 16.8 Å².